The van der Waals surface area contributed by atoms with Crippen molar-refractivity contribution in [2.24, 2.45) is 11.8 Å². The molecule has 3 fully saturated rings. The van der Waals surface area contributed by atoms with Gasteiger partial charge in [-0.1, -0.05) is 18.2 Å². The normalized spacial score (nSPS) is 37.0. The quantitative estimate of drug-likeness (QED) is 0.804. The lowest BCUT2D eigenvalue weighted by Gasteiger charge is -2.51. The molecule has 4 bridgehead atoms. The van der Waals surface area contributed by atoms with Gasteiger partial charge in [-0.2, -0.15) is 5.26 Å². The van der Waals surface area contributed by atoms with E-state index < -0.39 is 0 Å². The minimum atomic E-state index is 0.222. The van der Waals surface area contributed by atoms with Crippen molar-refractivity contribution in [2.75, 3.05) is 13.1 Å². The van der Waals surface area contributed by atoms with Gasteiger partial charge < -0.3 is 4.98 Å². The Balaban J connectivity index is 1.71. The third-order valence-corrected chi connectivity index (χ3v) is 5.95. The second kappa shape index (κ2) is 4.11. The van der Waals surface area contributed by atoms with E-state index in [2.05, 4.69) is 40.2 Å². The van der Waals surface area contributed by atoms with E-state index in [0.29, 0.717) is 17.9 Å². The number of nitrogens with one attached hydrogen (secondary N) is 1. The number of benzene rings is 1. The average molecular weight is 277 g/mol. The molecule has 0 spiro atoms. The SMILES string of the molecule is N#C[C@H]1C[C@@H]2C[C@H]3c4[nH]c5ccccc5c4CCN(C2)[C@@H]13. The highest BCUT2D eigenvalue weighted by molar-refractivity contribution is 5.85. The van der Waals surface area contributed by atoms with Crippen molar-refractivity contribution in [3.8, 4) is 6.07 Å². The predicted molar refractivity (Wildman–Crippen MR) is 81.9 cm³/mol. The summed E-state index contributed by atoms with van der Waals surface area (Å²) in [6, 6.07) is 11.7. The van der Waals surface area contributed by atoms with Crippen LogP contribution in [0, 0.1) is 23.2 Å². The van der Waals surface area contributed by atoms with Crippen molar-refractivity contribution in [3.05, 3.63) is 35.5 Å². The van der Waals surface area contributed by atoms with Crippen molar-refractivity contribution >= 4 is 10.9 Å². The summed E-state index contributed by atoms with van der Waals surface area (Å²) in [5, 5.41) is 11.0. The van der Waals surface area contributed by atoms with E-state index >= 15 is 0 Å². The number of para-hydroxylation sites is 1. The first-order valence-corrected chi connectivity index (χ1v) is 8.08. The maximum absolute atomic E-state index is 9.56. The molecular weight excluding hydrogens is 258 g/mol. The minimum absolute atomic E-state index is 0.222. The molecule has 1 saturated carbocycles. The standard InChI is InChI=1S/C18H19N3/c19-9-12-7-11-8-15-17-14(5-6-21(10-11)18(12)15)13-3-1-2-4-16(13)20-17/h1-4,11-12,15,18,20H,5-8,10H2/t11-,12-,15+,18+/m1/s1. The zero-order valence-corrected chi connectivity index (χ0v) is 12.0. The highest BCUT2D eigenvalue weighted by Gasteiger charge is 2.49. The second-order valence-corrected chi connectivity index (χ2v) is 6.98. The Kier molecular flexibility index (Phi) is 2.32. The Bertz CT molecular complexity index is 753. The Labute approximate surface area is 124 Å². The van der Waals surface area contributed by atoms with E-state index in [1.807, 2.05) is 0 Å². The molecule has 1 N–H and O–H groups in total. The van der Waals surface area contributed by atoms with Gasteiger partial charge in [0, 0.05) is 41.6 Å². The van der Waals surface area contributed by atoms with Crippen LogP contribution in [0.2, 0.25) is 0 Å². The summed E-state index contributed by atoms with van der Waals surface area (Å²) in [7, 11) is 0. The van der Waals surface area contributed by atoms with Crippen molar-refractivity contribution < 1.29 is 0 Å². The third kappa shape index (κ3) is 1.51. The largest absolute Gasteiger partial charge is 0.358 e. The fourth-order valence-electron chi connectivity index (χ4n) is 5.21. The molecular formula is C18H19N3. The van der Waals surface area contributed by atoms with E-state index in [4.69, 9.17) is 0 Å². The van der Waals surface area contributed by atoms with Gasteiger partial charge in [0.15, 0.2) is 0 Å². The van der Waals surface area contributed by atoms with Crippen LogP contribution in [-0.2, 0) is 6.42 Å². The van der Waals surface area contributed by atoms with Crippen molar-refractivity contribution in [2.45, 2.75) is 31.2 Å². The Hall–Kier alpha value is -1.79. The van der Waals surface area contributed by atoms with Gasteiger partial charge in [0.25, 0.3) is 0 Å². The molecule has 4 aliphatic rings. The number of hydrogen-bond donors (Lipinski definition) is 1. The number of rotatable bonds is 0. The molecule has 6 rings (SSSR count). The van der Waals surface area contributed by atoms with Gasteiger partial charge in [0.2, 0.25) is 0 Å². The molecule has 0 amide bonds. The topological polar surface area (TPSA) is 42.8 Å². The molecule has 3 aliphatic heterocycles. The highest BCUT2D eigenvalue weighted by Crippen LogP contribution is 2.49. The van der Waals surface area contributed by atoms with Gasteiger partial charge in [-0.15, -0.1) is 0 Å². The molecule has 1 unspecified atom stereocenters. The summed E-state index contributed by atoms with van der Waals surface area (Å²) in [4.78, 5) is 6.31. The molecule has 3 nitrogen and oxygen atoms in total. The molecule has 0 radical (unpaired) electrons. The van der Waals surface area contributed by atoms with Crippen LogP contribution in [0.5, 0.6) is 0 Å². The summed E-state index contributed by atoms with van der Waals surface area (Å²) in [6.07, 6.45) is 3.50. The fraction of sp³-hybridized carbons (Fsp3) is 0.500. The molecule has 1 aromatic carbocycles. The van der Waals surface area contributed by atoms with Crippen LogP contribution in [0.1, 0.15) is 30.0 Å². The lowest BCUT2D eigenvalue weighted by atomic mass is 9.66. The molecule has 1 aliphatic carbocycles. The van der Waals surface area contributed by atoms with Crippen LogP contribution < -0.4 is 0 Å². The van der Waals surface area contributed by atoms with Crippen molar-refractivity contribution in [1.29, 1.82) is 5.26 Å². The van der Waals surface area contributed by atoms with Crippen LogP contribution in [0.3, 0.4) is 0 Å². The van der Waals surface area contributed by atoms with Gasteiger partial charge in [-0.05, 0) is 36.8 Å². The van der Waals surface area contributed by atoms with E-state index in [1.54, 1.807) is 0 Å². The summed E-state index contributed by atoms with van der Waals surface area (Å²) in [5.41, 5.74) is 4.22. The van der Waals surface area contributed by atoms with Crippen LogP contribution in [0.4, 0.5) is 0 Å². The number of aromatic nitrogens is 1. The van der Waals surface area contributed by atoms with Crippen LogP contribution in [-0.4, -0.2) is 29.0 Å². The number of H-pyrrole nitrogens is 1. The number of aromatic amines is 1. The molecule has 2 aromatic rings. The number of fused-ring (bicyclic) bond motifs is 4. The third-order valence-electron chi connectivity index (χ3n) is 5.95. The van der Waals surface area contributed by atoms with Crippen LogP contribution >= 0.6 is 0 Å². The smallest absolute Gasteiger partial charge is 0.0672 e. The lowest BCUT2D eigenvalue weighted by molar-refractivity contribution is 0.00769. The van der Waals surface area contributed by atoms with Gasteiger partial charge >= 0.3 is 0 Å². The minimum Gasteiger partial charge on any atom is -0.358 e. The number of piperidine rings is 2. The molecule has 21 heavy (non-hydrogen) atoms. The Morgan fingerprint density at radius 2 is 2.14 bits per heavy atom. The first kappa shape index (κ1) is 11.8. The molecule has 5 atom stereocenters. The van der Waals surface area contributed by atoms with Gasteiger partial charge in [-0.25, -0.2) is 0 Å². The zero-order valence-electron chi connectivity index (χ0n) is 12.0. The Morgan fingerprint density at radius 1 is 1.24 bits per heavy atom. The highest BCUT2D eigenvalue weighted by atomic mass is 15.2. The Morgan fingerprint density at radius 3 is 3.05 bits per heavy atom. The fourth-order valence-corrected chi connectivity index (χ4v) is 5.21. The van der Waals surface area contributed by atoms with Crippen LogP contribution in [0.15, 0.2) is 24.3 Å². The van der Waals surface area contributed by atoms with Gasteiger partial charge in [-0.3, -0.25) is 4.90 Å². The number of nitriles is 1. The molecule has 4 heterocycles. The van der Waals surface area contributed by atoms with Gasteiger partial charge in [0.1, 0.15) is 0 Å². The molecule has 106 valence electrons. The number of hydrogen-bond acceptors (Lipinski definition) is 2. The second-order valence-electron chi connectivity index (χ2n) is 6.98. The van der Waals surface area contributed by atoms with E-state index in [1.165, 1.54) is 35.1 Å². The maximum atomic E-state index is 9.56. The van der Waals surface area contributed by atoms with Crippen LogP contribution in [0.25, 0.3) is 10.9 Å². The van der Waals surface area contributed by atoms with E-state index in [-0.39, 0.29) is 5.92 Å². The van der Waals surface area contributed by atoms with Crippen molar-refractivity contribution in [3.63, 3.8) is 0 Å². The summed E-state index contributed by atoms with van der Waals surface area (Å²) < 4.78 is 0. The summed E-state index contributed by atoms with van der Waals surface area (Å²) in [6.45, 7) is 2.33. The maximum Gasteiger partial charge on any atom is 0.0672 e. The zero-order chi connectivity index (χ0) is 14.0. The summed E-state index contributed by atoms with van der Waals surface area (Å²) in [5.74, 6) is 1.47. The van der Waals surface area contributed by atoms with Crippen molar-refractivity contribution in [1.82, 2.24) is 9.88 Å². The predicted octanol–water partition coefficient (Wildman–Crippen LogP) is 3.04. The molecule has 1 aromatic heterocycles. The summed E-state index contributed by atoms with van der Waals surface area (Å²) >= 11 is 0. The first-order chi connectivity index (χ1) is 10.3. The first-order valence-electron chi connectivity index (χ1n) is 8.08. The lowest BCUT2D eigenvalue weighted by Crippen LogP contribution is -2.55. The monoisotopic (exact) mass is 277 g/mol. The van der Waals surface area contributed by atoms with Gasteiger partial charge in [0.05, 0.1) is 12.0 Å². The molecule has 2 saturated heterocycles. The average Bonchev–Trinajstić information content (AvgIpc) is 2.86. The van der Waals surface area contributed by atoms with E-state index in [9.17, 15) is 5.26 Å². The van der Waals surface area contributed by atoms with E-state index in [0.717, 1.165) is 19.4 Å². The molecule has 3 heteroatoms. The number of nitrogens with zero attached hydrogens (tertiary/aromatic N) is 2.